The van der Waals surface area contributed by atoms with Crippen molar-refractivity contribution in [3.8, 4) is 0 Å². The van der Waals surface area contributed by atoms with Crippen molar-refractivity contribution in [2.75, 3.05) is 18.9 Å². The van der Waals surface area contributed by atoms with Crippen LogP contribution in [0.1, 0.15) is 18.4 Å². The third-order valence-electron chi connectivity index (χ3n) is 3.25. The fraction of sp³-hybridized carbons (Fsp3) is 0.500. The van der Waals surface area contributed by atoms with Crippen molar-refractivity contribution in [3.63, 3.8) is 0 Å². The molecule has 1 amide bonds. The Morgan fingerprint density at radius 2 is 2.23 bits per heavy atom. The molecule has 1 saturated heterocycles. The zero-order valence-electron chi connectivity index (χ0n) is 12.0. The molecule has 122 valence electrons. The zero-order chi connectivity index (χ0) is 16.0. The normalized spacial score (nSPS) is 18.3. The number of carbonyl (C=O) groups excluding carboxylic acids is 1. The van der Waals surface area contributed by atoms with E-state index in [1.54, 1.807) is 24.3 Å². The summed E-state index contributed by atoms with van der Waals surface area (Å²) in [5, 5.41) is 3.13. The van der Waals surface area contributed by atoms with Gasteiger partial charge in [-0.2, -0.15) is 0 Å². The van der Waals surface area contributed by atoms with Gasteiger partial charge in [0.25, 0.3) is 0 Å². The fourth-order valence-corrected chi connectivity index (χ4v) is 3.35. The first kappa shape index (κ1) is 17.2. The van der Waals surface area contributed by atoms with Crippen LogP contribution in [-0.2, 0) is 26.1 Å². The molecule has 1 aromatic carbocycles. The van der Waals surface area contributed by atoms with Crippen LogP contribution >= 0.6 is 11.6 Å². The molecule has 1 fully saturated rings. The smallest absolute Gasteiger partial charge is 0.236 e. The third-order valence-corrected chi connectivity index (χ3v) is 4.74. The number of sulfonamides is 1. The number of hydrogen-bond donors (Lipinski definition) is 2. The van der Waals surface area contributed by atoms with Crippen LogP contribution in [0.2, 0.25) is 5.02 Å². The molecule has 1 heterocycles. The second-order valence-electron chi connectivity index (χ2n) is 5.15. The number of benzene rings is 1. The van der Waals surface area contributed by atoms with Gasteiger partial charge in [0.1, 0.15) is 5.75 Å². The Labute approximate surface area is 135 Å². The predicted molar refractivity (Wildman–Crippen MR) is 84.1 cm³/mol. The summed E-state index contributed by atoms with van der Waals surface area (Å²) in [7, 11) is -3.65. The Kier molecular flexibility index (Phi) is 6.19. The van der Waals surface area contributed by atoms with Crippen LogP contribution in [0.4, 0.5) is 0 Å². The third kappa shape index (κ3) is 5.92. The van der Waals surface area contributed by atoms with Crippen molar-refractivity contribution >= 4 is 27.5 Å². The molecule has 22 heavy (non-hydrogen) atoms. The molecule has 6 nitrogen and oxygen atoms in total. The van der Waals surface area contributed by atoms with Crippen LogP contribution in [0.25, 0.3) is 0 Å². The van der Waals surface area contributed by atoms with Gasteiger partial charge in [-0.15, -0.1) is 0 Å². The maximum absolute atomic E-state index is 11.8. The minimum absolute atomic E-state index is 0.0932. The lowest BCUT2D eigenvalue weighted by atomic mass is 10.2. The Morgan fingerprint density at radius 3 is 2.91 bits per heavy atom. The van der Waals surface area contributed by atoms with E-state index in [2.05, 4.69) is 10.0 Å². The van der Waals surface area contributed by atoms with E-state index in [1.807, 2.05) is 0 Å². The molecule has 2 rings (SSSR count). The highest BCUT2D eigenvalue weighted by Gasteiger charge is 2.21. The van der Waals surface area contributed by atoms with E-state index in [4.69, 9.17) is 16.3 Å². The van der Waals surface area contributed by atoms with Crippen LogP contribution in [0.3, 0.4) is 0 Å². The van der Waals surface area contributed by atoms with Crippen molar-refractivity contribution in [2.24, 2.45) is 0 Å². The molecule has 8 heteroatoms. The van der Waals surface area contributed by atoms with Crippen molar-refractivity contribution in [1.29, 1.82) is 0 Å². The molecule has 0 spiro atoms. The summed E-state index contributed by atoms with van der Waals surface area (Å²) in [5.74, 6) is -1.15. The summed E-state index contributed by atoms with van der Waals surface area (Å²) in [6.45, 7) is 1.11. The van der Waals surface area contributed by atoms with Gasteiger partial charge in [-0.1, -0.05) is 23.7 Å². The van der Waals surface area contributed by atoms with Gasteiger partial charge in [0.05, 0.1) is 6.10 Å². The number of halogens is 1. The average molecular weight is 347 g/mol. The Hall–Kier alpha value is -1.15. The molecule has 1 atom stereocenters. The minimum atomic E-state index is -3.65. The molecule has 0 saturated carbocycles. The van der Waals surface area contributed by atoms with E-state index in [1.165, 1.54) is 0 Å². The van der Waals surface area contributed by atoms with Gasteiger partial charge < -0.3 is 10.1 Å². The predicted octanol–water partition coefficient (Wildman–Crippen LogP) is 1.05. The summed E-state index contributed by atoms with van der Waals surface area (Å²) in [6, 6.07) is 7.01. The van der Waals surface area contributed by atoms with Gasteiger partial charge in [0, 0.05) is 24.7 Å². The standard InChI is InChI=1S/C14H19ClN2O4S/c15-12-4-1-3-11(7-12)8-16-14(18)10-22(19,20)17-9-13-5-2-6-21-13/h1,3-4,7,13,17H,2,5-6,8-10H2,(H,16,18)/t13-/m1/s1. The molecule has 0 aliphatic carbocycles. The van der Waals surface area contributed by atoms with Gasteiger partial charge in [-0.05, 0) is 30.5 Å². The molecule has 1 aromatic rings. The topological polar surface area (TPSA) is 84.5 Å². The quantitative estimate of drug-likeness (QED) is 0.773. The molecule has 0 aromatic heterocycles. The molecule has 2 N–H and O–H groups in total. The summed E-state index contributed by atoms with van der Waals surface area (Å²) < 4.78 is 31.4. The zero-order valence-corrected chi connectivity index (χ0v) is 13.6. The largest absolute Gasteiger partial charge is 0.377 e. The first-order valence-electron chi connectivity index (χ1n) is 7.05. The van der Waals surface area contributed by atoms with Gasteiger partial charge in [-0.25, -0.2) is 13.1 Å². The average Bonchev–Trinajstić information content (AvgIpc) is 2.96. The minimum Gasteiger partial charge on any atom is -0.377 e. The summed E-state index contributed by atoms with van der Waals surface area (Å²) in [4.78, 5) is 11.7. The van der Waals surface area contributed by atoms with Gasteiger partial charge >= 0.3 is 0 Å². The molecule has 1 aliphatic rings. The highest BCUT2D eigenvalue weighted by atomic mass is 35.5. The molecule has 0 bridgehead atoms. The second-order valence-corrected chi connectivity index (χ2v) is 7.39. The van der Waals surface area contributed by atoms with Crippen LogP contribution in [0.5, 0.6) is 0 Å². The number of amides is 1. The highest BCUT2D eigenvalue weighted by molar-refractivity contribution is 7.90. The maximum atomic E-state index is 11.8. The van der Waals surface area contributed by atoms with Crippen LogP contribution in [0, 0.1) is 0 Å². The van der Waals surface area contributed by atoms with E-state index in [9.17, 15) is 13.2 Å². The van der Waals surface area contributed by atoms with Crippen LogP contribution < -0.4 is 10.0 Å². The van der Waals surface area contributed by atoms with E-state index >= 15 is 0 Å². The van der Waals surface area contributed by atoms with E-state index < -0.39 is 21.7 Å². The lowest BCUT2D eigenvalue weighted by Gasteiger charge is -2.11. The van der Waals surface area contributed by atoms with Crippen LogP contribution in [-0.4, -0.2) is 39.3 Å². The summed E-state index contributed by atoms with van der Waals surface area (Å²) in [6.07, 6.45) is 1.68. The Morgan fingerprint density at radius 1 is 1.41 bits per heavy atom. The van der Waals surface area contributed by atoms with E-state index in [0.29, 0.717) is 11.6 Å². The van der Waals surface area contributed by atoms with E-state index in [0.717, 1.165) is 18.4 Å². The summed E-state index contributed by atoms with van der Waals surface area (Å²) in [5.41, 5.74) is 0.811. The first-order valence-corrected chi connectivity index (χ1v) is 9.08. The lowest BCUT2D eigenvalue weighted by Crippen LogP contribution is -2.39. The number of ether oxygens (including phenoxy) is 1. The fourth-order valence-electron chi connectivity index (χ4n) is 2.15. The maximum Gasteiger partial charge on any atom is 0.236 e. The van der Waals surface area contributed by atoms with Crippen molar-refractivity contribution in [3.05, 3.63) is 34.9 Å². The van der Waals surface area contributed by atoms with E-state index in [-0.39, 0.29) is 19.2 Å². The lowest BCUT2D eigenvalue weighted by molar-refractivity contribution is -0.118. The summed E-state index contributed by atoms with van der Waals surface area (Å²) >= 11 is 5.84. The number of nitrogens with one attached hydrogen (secondary N) is 2. The molecule has 0 unspecified atom stereocenters. The van der Waals surface area contributed by atoms with Crippen LogP contribution in [0.15, 0.2) is 24.3 Å². The second kappa shape index (κ2) is 7.92. The van der Waals surface area contributed by atoms with Gasteiger partial charge in [0.2, 0.25) is 15.9 Å². The van der Waals surface area contributed by atoms with Gasteiger partial charge in [-0.3, -0.25) is 4.79 Å². The number of rotatable bonds is 7. The molecular formula is C14H19ClN2O4S. The van der Waals surface area contributed by atoms with Crippen molar-refractivity contribution in [2.45, 2.75) is 25.5 Å². The first-order chi connectivity index (χ1) is 10.4. The highest BCUT2D eigenvalue weighted by Crippen LogP contribution is 2.11. The SMILES string of the molecule is O=C(CS(=O)(=O)NC[C@H]1CCCO1)NCc1cccc(Cl)c1. The van der Waals surface area contributed by atoms with Gasteiger partial charge in [0.15, 0.2) is 0 Å². The number of carbonyl (C=O) groups is 1. The Bertz CT molecular complexity index is 615. The monoisotopic (exact) mass is 346 g/mol. The molecule has 0 radical (unpaired) electrons. The molecular weight excluding hydrogens is 328 g/mol. The van der Waals surface area contributed by atoms with Crippen molar-refractivity contribution in [1.82, 2.24) is 10.0 Å². The molecule has 1 aliphatic heterocycles. The number of hydrogen-bond acceptors (Lipinski definition) is 4. The Balaban J connectivity index is 1.75. The van der Waals surface area contributed by atoms with Crippen molar-refractivity contribution < 1.29 is 17.9 Å².